The van der Waals surface area contributed by atoms with Crippen LogP contribution < -0.4 is 5.32 Å². The maximum atomic E-state index is 12.2. The number of aromatic nitrogens is 2. The van der Waals surface area contributed by atoms with Gasteiger partial charge in [0, 0.05) is 18.1 Å². The number of nitrogens with one attached hydrogen (secondary N) is 1. The van der Waals surface area contributed by atoms with Gasteiger partial charge in [0.1, 0.15) is 0 Å². The predicted octanol–water partition coefficient (Wildman–Crippen LogP) is 3.16. The highest BCUT2D eigenvalue weighted by atomic mass is 32.1. The zero-order chi connectivity index (χ0) is 11.6. The number of halogens is 3. The standard InChI is InChI=1S/C9H12F3N3S/c10-9(11,12)7-14-8(16-15-7)13-5-6-3-1-2-4-6/h6H,1-5H2,(H,13,14,15). The lowest BCUT2D eigenvalue weighted by atomic mass is 10.1. The molecule has 0 amide bonds. The Morgan fingerprint density at radius 3 is 2.56 bits per heavy atom. The van der Waals surface area contributed by atoms with E-state index in [9.17, 15) is 13.2 Å². The van der Waals surface area contributed by atoms with Gasteiger partial charge >= 0.3 is 6.18 Å². The molecule has 0 saturated heterocycles. The summed E-state index contributed by atoms with van der Waals surface area (Å²) in [6, 6.07) is 0. The van der Waals surface area contributed by atoms with Crippen molar-refractivity contribution < 1.29 is 13.2 Å². The van der Waals surface area contributed by atoms with E-state index in [2.05, 4.69) is 14.7 Å². The van der Waals surface area contributed by atoms with Crippen molar-refractivity contribution in [3.8, 4) is 0 Å². The molecule has 0 spiro atoms. The van der Waals surface area contributed by atoms with Gasteiger partial charge in [-0.15, -0.1) is 0 Å². The van der Waals surface area contributed by atoms with Gasteiger partial charge in [-0.05, 0) is 18.8 Å². The molecule has 1 heterocycles. The number of hydrogen-bond donors (Lipinski definition) is 1. The van der Waals surface area contributed by atoms with E-state index < -0.39 is 12.0 Å². The molecule has 1 saturated carbocycles. The summed E-state index contributed by atoms with van der Waals surface area (Å²) in [7, 11) is 0. The first-order chi connectivity index (χ1) is 7.55. The Morgan fingerprint density at radius 1 is 1.31 bits per heavy atom. The highest BCUT2D eigenvalue weighted by Crippen LogP contribution is 2.29. The summed E-state index contributed by atoms with van der Waals surface area (Å²) in [5.74, 6) is -0.482. The number of nitrogens with zero attached hydrogens (tertiary/aromatic N) is 2. The van der Waals surface area contributed by atoms with Crippen LogP contribution >= 0.6 is 11.5 Å². The van der Waals surface area contributed by atoms with Crippen LogP contribution in [-0.4, -0.2) is 15.9 Å². The Bertz CT molecular complexity index is 344. The fourth-order valence-corrected chi connectivity index (χ4v) is 2.45. The van der Waals surface area contributed by atoms with Crippen molar-refractivity contribution in [1.29, 1.82) is 0 Å². The van der Waals surface area contributed by atoms with Gasteiger partial charge in [-0.25, -0.2) is 0 Å². The molecule has 1 N–H and O–H groups in total. The first-order valence-electron chi connectivity index (χ1n) is 5.20. The van der Waals surface area contributed by atoms with E-state index in [0.29, 0.717) is 12.5 Å². The first kappa shape index (κ1) is 11.6. The molecule has 16 heavy (non-hydrogen) atoms. The van der Waals surface area contributed by atoms with Crippen LogP contribution in [0.2, 0.25) is 0 Å². The number of anilines is 1. The molecule has 0 aliphatic heterocycles. The topological polar surface area (TPSA) is 37.8 Å². The summed E-state index contributed by atoms with van der Waals surface area (Å²) < 4.78 is 39.9. The predicted molar refractivity (Wildman–Crippen MR) is 55.4 cm³/mol. The van der Waals surface area contributed by atoms with E-state index in [1.165, 1.54) is 12.8 Å². The van der Waals surface area contributed by atoms with Crippen molar-refractivity contribution >= 4 is 16.7 Å². The normalized spacial score (nSPS) is 17.9. The van der Waals surface area contributed by atoms with Gasteiger partial charge in [-0.2, -0.15) is 22.5 Å². The molecule has 0 bridgehead atoms. The van der Waals surface area contributed by atoms with Gasteiger partial charge in [0.05, 0.1) is 0 Å². The molecule has 1 aromatic heterocycles. The summed E-state index contributed by atoms with van der Waals surface area (Å²) in [4.78, 5) is 3.41. The van der Waals surface area contributed by atoms with E-state index in [0.717, 1.165) is 24.4 Å². The van der Waals surface area contributed by atoms with Crippen LogP contribution in [0.4, 0.5) is 18.3 Å². The molecular formula is C9H12F3N3S. The quantitative estimate of drug-likeness (QED) is 0.896. The highest BCUT2D eigenvalue weighted by Gasteiger charge is 2.36. The first-order valence-corrected chi connectivity index (χ1v) is 5.98. The van der Waals surface area contributed by atoms with Crippen molar-refractivity contribution in [3.05, 3.63) is 5.82 Å². The minimum Gasteiger partial charge on any atom is -0.360 e. The third-order valence-electron chi connectivity index (χ3n) is 2.70. The van der Waals surface area contributed by atoms with Crippen LogP contribution in [0, 0.1) is 5.92 Å². The molecule has 1 aliphatic rings. The maximum Gasteiger partial charge on any atom is 0.452 e. The molecule has 7 heteroatoms. The smallest absolute Gasteiger partial charge is 0.360 e. The molecule has 1 aliphatic carbocycles. The monoisotopic (exact) mass is 251 g/mol. The third-order valence-corrected chi connectivity index (χ3v) is 3.37. The van der Waals surface area contributed by atoms with E-state index in [4.69, 9.17) is 0 Å². The Morgan fingerprint density at radius 2 is 2.00 bits per heavy atom. The molecule has 2 rings (SSSR count). The lowest BCUT2D eigenvalue weighted by Crippen LogP contribution is -2.11. The minimum atomic E-state index is -4.44. The number of hydrogen-bond acceptors (Lipinski definition) is 4. The molecule has 3 nitrogen and oxygen atoms in total. The number of alkyl halides is 3. The second-order valence-corrected chi connectivity index (χ2v) is 4.70. The van der Waals surface area contributed by atoms with Crippen molar-refractivity contribution in [1.82, 2.24) is 9.36 Å². The molecular weight excluding hydrogens is 239 g/mol. The Labute approximate surface area is 95.2 Å². The molecule has 0 aromatic carbocycles. The highest BCUT2D eigenvalue weighted by molar-refractivity contribution is 7.09. The third kappa shape index (κ3) is 2.84. The zero-order valence-electron chi connectivity index (χ0n) is 8.55. The van der Waals surface area contributed by atoms with Crippen LogP contribution in [0.3, 0.4) is 0 Å². The molecule has 0 atom stereocenters. The zero-order valence-corrected chi connectivity index (χ0v) is 9.37. The largest absolute Gasteiger partial charge is 0.452 e. The van der Waals surface area contributed by atoms with Gasteiger partial charge < -0.3 is 5.32 Å². The Balaban J connectivity index is 1.87. The Hall–Kier alpha value is -0.850. The van der Waals surface area contributed by atoms with Gasteiger partial charge in [-0.3, -0.25) is 0 Å². The molecule has 0 radical (unpaired) electrons. The van der Waals surface area contributed by atoms with Crippen molar-refractivity contribution in [2.45, 2.75) is 31.9 Å². The second-order valence-electron chi connectivity index (χ2n) is 3.95. The van der Waals surface area contributed by atoms with Gasteiger partial charge in [0.2, 0.25) is 11.0 Å². The Kier molecular flexibility index (Phi) is 3.32. The summed E-state index contributed by atoms with van der Waals surface area (Å²) >= 11 is 0.768. The lowest BCUT2D eigenvalue weighted by molar-refractivity contribution is -0.144. The van der Waals surface area contributed by atoms with Crippen LogP contribution in [-0.2, 0) is 6.18 Å². The van der Waals surface area contributed by atoms with Crippen molar-refractivity contribution in [3.63, 3.8) is 0 Å². The van der Waals surface area contributed by atoms with Gasteiger partial charge in [0.15, 0.2) is 0 Å². The number of rotatable bonds is 3. The molecule has 1 fully saturated rings. The van der Waals surface area contributed by atoms with E-state index in [1.807, 2.05) is 0 Å². The summed E-state index contributed by atoms with van der Waals surface area (Å²) in [5, 5.41) is 3.19. The van der Waals surface area contributed by atoms with Gasteiger partial charge in [0.25, 0.3) is 0 Å². The lowest BCUT2D eigenvalue weighted by Gasteiger charge is -2.08. The van der Waals surface area contributed by atoms with Crippen LogP contribution in [0.1, 0.15) is 31.5 Å². The molecule has 0 unspecified atom stereocenters. The van der Waals surface area contributed by atoms with Crippen LogP contribution in [0.5, 0.6) is 0 Å². The van der Waals surface area contributed by atoms with Gasteiger partial charge in [-0.1, -0.05) is 12.8 Å². The van der Waals surface area contributed by atoms with E-state index >= 15 is 0 Å². The molecule has 90 valence electrons. The average Bonchev–Trinajstić information content (AvgIpc) is 2.85. The summed E-state index contributed by atoms with van der Waals surface area (Å²) in [5.41, 5.74) is 0. The minimum absolute atomic E-state index is 0.263. The van der Waals surface area contributed by atoms with Crippen molar-refractivity contribution in [2.75, 3.05) is 11.9 Å². The van der Waals surface area contributed by atoms with Crippen molar-refractivity contribution in [2.24, 2.45) is 5.92 Å². The summed E-state index contributed by atoms with van der Waals surface area (Å²) in [6.45, 7) is 0.701. The molecule has 1 aromatic rings. The SMILES string of the molecule is FC(F)(F)c1nsc(NCC2CCCC2)n1. The summed E-state index contributed by atoms with van der Waals surface area (Å²) in [6.07, 6.45) is 0.298. The fraction of sp³-hybridized carbons (Fsp3) is 0.778. The maximum absolute atomic E-state index is 12.2. The van der Waals surface area contributed by atoms with E-state index in [-0.39, 0.29) is 5.13 Å². The second kappa shape index (κ2) is 4.57. The average molecular weight is 251 g/mol. The van der Waals surface area contributed by atoms with Crippen LogP contribution in [0.25, 0.3) is 0 Å². The van der Waals surface area contributed by atoms with E-state index in [1.54, 1.807) is 0 Å². The van der Waals surface area contributed by atoms with Crippen LogP contribution in [0.15, 0.2) is 0 Å². The fourth-order valence-electron chi connectivity index (χ4n) is 1.86.